The Hall–Kier alpha value is -7.64. The second kappa shape index (κ2) is 30.1. The largest absolute Gasteiger partial charge is 0.508 e. The number of hydrogen-bond donors (Lipinski definition) is 8. The highest BCUT2D eigenvalue weighted by Gasteiger charge is 2.72. The topological polar surface area (TPSA) is 180 Å². The molecule has 20 heteroatoms. The fourth-order valence-electron chi connectivity index (χ4n) is 7.99. The Bertz CT molecular complexity index is 3080. The van der Waals surface area contributed by atoms with Gasteiger partial charge in [0, 0.05) is 16.6 Å². The van der Waals surface area contributed by atoms with Gasteiger partial charge in [-0.15, -0.1) is 0 Å². The lowest BCUT2D eigenvalue weighted by atomic mass is 9.73. The molecule has 0 aliphatic carbocycles. The maximum atomic E-state index is 13.6. The normalized spacial score (nSPS) is 11.1. The summed E-state index contributed by atoms with van der Waals surface area (Å²) in [5.74, 6) is 0.988. The molecule has 0 fully saturated rings. The van der Waals surface area contributed by atoms with Crippen LogP contribution in [-0.4, -0.2) is 67.4 Å². The molecule has 0 aliphatic heterocycles. The maximum absolute atomic E-state index is 13.6. The monoisotopic (exact) mass is 1320 g/mol. The number of rotatable bonds is 10. The molecule has 0 amide bonds. The van der Waals surface area contributed by atoms with E-state index in [0.29, 0.717) is 41.3 Å². The Kier molecular flexibility index (Phi) is 24.6. The molecular weight excluding hydrogens is 1260 g/mol. The molecule has 8 rings (SSSR count). The van der Waals surface area contributed by atoms with E-state index in [4.69, 9.17) is 42.9 Å². The molecule has 0 saturated carbocycles. The Morgan fingerprint density at radius 1 is 0.398 bits per heavy atom. The molecular formula is C63H58Br2Cl2F6O10. The molecule has 83 heavy (non-hydrogen) atoms. The molecule has 0 heterocycles. The van der Waals surface area contributed by atoms with Crippen molar-refractivity contribution < 1.29 is 76.7 Å². The first-order valence-electron chi connectivity index (χ1n) is 24.7. The zero-order valence-corrected chi connectivity index (χ0v) is 49.9. The number of alkyl halides is 6. The number of hydrogen-bond acceptors (Lipinski definition) is 10. The zero-order valence-electron chi connectivity index (χ0n) is 45.2. The summed E-state index contributed by atoms with van der Waals surface area (Å²) in [6.45, 7) is 8.37. The van der Waals surface area contributed by atoms with Gasteiger partial charge in [-0.25, -0.2) is 0 Å². The van der Waals surface area contributed by atoms with Crippen molar-refractivity contribution in [1.82, 2.24) is 0 Å². The summed E-state index contributed by atoms with van der Waals surface area (Å²) >= 11 is 18.7. The molecule has 10 nitrogen and oxygen atoms in total. The van der Waals surface area contributed by atoms with E-state index in [0.717, 1.165) is 66.6 Å². The first-order valence-corrected chi connectivity index (χ1v) is 27.1. The lowest BCUT2D eigenvalue weighted by molar-refractivity contribution is -0.288. The van der Waals surface area contributed by atoms with Gasteiger partial charge in [-0.3, -0.25) is 0 Å². The summed E-state index contributed by atoms with van der Waals surface area (Å²) in [7, 11) is 3.05. The van der Waals surface area contributed by atoms with E-state index >= 15 is 0 Å². The third kappa shape index (κ3) is 17.7. The molecule has 440 valence electrons. The van der Waals surface area contributed by atoms with Gasteiger partial charge in [-0.2, -0.15) is 26.3 Å². The summed E-state index contributed by atoms with van der Waals surface area (Å²) in [5.41, 5.74) is 0.315. The van der Waals surface area contributed by atoms with E-state index in [1.165, 1.54) is 20.6 Å². The van der Waals surface area contributed by atoms with Crippen molar-refractivity contribution in [3.63, 3.8) is 0 Å². The number of aromatic hydroxyl groups is 8. The van der Waals surface area contributed by atoms with Crippen LogP contribution in [-0.2, 0) is 10.8 Å². The first-order chi connectivity index (χ1) is 39.0. The van der Waals surface area contributed by atoms with Crippen LogP contribution in [0.5, 0.6) is 57.5 Å². The number of benzene rings is 8. The van der Waals surface area contributed by atoms with Gasteiger partial charge in [0.25, 0.3) is 0 Å². The fourth-order valence-corrected chi connectivity index (χ4v) is 9.34. The van der Waals surface area contributed by atoms with Crippen LogP contribution in [0.3, 0.4) is 0 Å². The molecule has 0 aliphatic rings. The molecule has 0 bridgehead atoms. The van der Waals surface area contributed by atoms with Gasteiger partial charge < -0.3 is 50.3 Å². The van der Waals surface area contributed by atoms with Gasteiger partial charge in [0.05, 0.1) is 17.6 Å². The molecule has 0 unspecified atom stereocenters. The van der Waals surface area contributed by atoms with Gasteiger partial charge in [-0.1, -0.05) is 142 Å². The number of methoxy groups -OCH3 is 2. The summed E-state index contributed by atoms with van der Waals surface area (Å²) in [5, 5.41) is 74.9. The van der Waals surface area contributed by atoms with Gasteiger partial charge in [0.2, 0.25) is 5.41 Å². The highest BCUT2D eigenvalue weighted by atomic mass is 79.9. The zero-order chi connectivity index (χ0) is 62.0. The molecule has 8 aromatic carbocycles. The average Bonchev–Trinajstić information content (AvgIpc) is 2.67. The standard InChI is InChI=1S/C17H20O4.C15H10F6O2.C14H10Br2O2.C14H10Cl2O2.C3H8/c1-17(2,11-5-7-13(18)15(9-11)20-3)12-6-8-14(19)16(10-12)21-4;16-14(17,18)13(15(19,20)21,9-1-5-11(22)6-2-9)10-3-7-12(23)8-4-10;2*15-14(16)13(9-1-5-11(17)6-2-9)10-3-7-12(18)8-4-10;1-3-2/h5-10,18-19H,1-4H3;1-8,22-23H;2*1-8,17-18H;3H2,1-2H3. The average molecular weight is 1320 g/mol. The van der Waals surface area contributed by atoms with Crippen molar-refractivity contribution >= 4 is 66.2 Å². The molecule has 8 N–H and O–H groups in total. The Balaban J connectivity index is 0.000000235. The van der Waals surface area contributed by atoms with Crippen LogP contribution in [0.4, 0.5) is 26.3 Å². The Morgan fingerprint density at radius 2 is 0.627 bits per heavy atom. The smallest absolute Gasteiger partial charge is 0.411 e. The minimum absolute atomic E-state index is 0.111. The van der Waals surface area contributed by atoms with Crippen LogP contribution in [0.25, 0.3) is 11.1 Å². The van der Waals surface area contributed by atoms with E-state index < -0.39 is 40.4 Å². The molecule has 0 spiro atoms. The van der Waals surface area contributed by atoms with Crippen LogP contribution >= 0.6 is 55.1 Å². The van der Waals surface area contributed by atoms with E-state index in [1.807, 2.05) is 48.5 Å². The summed E-state index contributed by atoms with van der Waals surface area (Å²) in [6.07, 6.45) is -10.1. The minimum atomic E-state index is -5.70. The van der Waals surface area contributed by atoms with E-state index in [-0.39, 0.29) is 44.4 Å². The fraction of sp³-hybridized carbons (Fsp3) is 0.175. The SMILES string of the molecule is CCC.COc1cc(C(C)(C)c2ccc(O)c(OC)c2)ccc1O.Oc1ccc(C(=C(Br)Br)c2ccc(O)cc2)cc1.Oc1ccc(C(=C(Cl)Cl)c2ccc(O)cc2)cc1.Oc1ccc(C(c2ccc(O)cc2)(C(F)(F)F)C(F)(F)F)cc1. The van der Waals surface area contributed by atoms with Crippen LogP contribution in [0.1, 0.15) is 78.6 Å². The van der Waals surface area contributed by atoms with Crippen LogP contribution in [0.15, 0.2) is 190 Å². The maximum Gasteiger partial charge on any atom is 0.411 e. The Morgan fingerprint density at radius 3 is 0.843 bits per heavy atom. The van der Waals surface area contributed by atoms with Crippen molar-refractivity contribution in [3.05, 3.63) is 234 Å². The molecule has 8 aromatic rings. The summed E-state index contributed by atoms with van der Waals surface area (Å²) in [4.78, 5) is 0. The highest BCUT2D eigenvalue weighted by molar-refractivity contribution is 9.28. The van der Waals surface area contributed by atoms with Gasteiger partial charge in [0.15, 0.2) is 23.0 Å². The lowest BCUT2D eigenvalue weighted by Crippen LogP contribution is -2.54. The number of ether oxygens (including phenoxy) is 2. The van der Waals surface area contributed by atoms with Crippen molar-refractivity contribution in [2.45, 2.75) is 57.3 Å². The second-order valence-corrected chi connectivity index (χ2v) is 22.0. The first kappa shape index (κ1) is 67.9. The second-order valence-electron chi connectivity index (χ2n) is 18.4. The van der Waals surface area contributed by atoms with E-state index in [9.17, 15) is 57.0 Å². The van der Waals surface area contributed by atoms with Crippen molar-refractivity contribution in [1.29, 1.82) is 0 Å². The Labute approximate surface area is 503 Å². The number of phenols is 8. The molecule has 0 aromatic heterocycles. The quantitative estimate of drug-likeness (QED) is 0.0614. The summed E-state index contributed by atoms with van der Waals surface area (Å²) < 4.78 is 92.9. The van der Waals surface area contributed by atoms with Crippen LogP contribution in [0, 0.1) is 0 Å². The molecule has 0 saturated heterocycles. The third-order valence-corrected chi connectivity index (χ3v) is 13.4. The van der Waals surface area contributed by atoms with Gasteiger partial charge >= 0.3 is 12.4 Å². The predicted octanol–water partition coefficient (Wildman–Crippen LogP) is 18.3. The lowest BCUT2D eigenvalue weighted by Gasteiger charge is -2.38. The molecule has 0 atom stereocenters. The number of halogens is 10. The van der Waals surface area contributed by atoms with E-state index in [1.54, 1.807) is 84.9 Å². The van der Waals surface area contributed by atoms with E-state index in [2.05, 4.69) is 59.6 Å². The highest BCUT2D eigenvalue weighted by Crippen LogP contribution is 2.56. The predicted molar refractivity (Wildman–Crippen MR) is 321 cm³/mol. The van der Waals surface area contributed by atoms with Crippen LogP contribution < -0.4 is 9.47 Å². The van der Waals surface area contributed by atoms with Crippen LogP contribution in [0.2, 0.25) is 0 Å². The van der Waals surface area contributed by atoms with Gasteiger partial charge in [0.1, 0.15) is 39.0 Å². The number of phenolic OH excluding ortho intramolecular Hbond substituents is 8. The molecule has 0 radical (unpaired) electrons. The third-order valence-electron chi connectivity index (χ3n) is 12.3. The summed E-state index contributed by atoms with van der Waals surface area (Å²) in [6, 6.07) is 42.9. The van der Waals surface area contributed by atoms with Gasteiger partial charge in [-0.05, 0) is 173 Å². The van der Waals surface area contributed by atoms with Crippen molar-refractivity contribution in [2.75, 3.05) is 14.2 Å². The minimum Gasteiger partial charge on any atom is -0.508 e. The van der Waals surface area contributed by atoms with Crippen molar-refractivity contribution in [2.24, 2.45) is 0 Å². The van der Waals surface area contributed by atoms with Crippen molar-refractivity contribution in [3.8, 4) is 57.5 Å².